The first-order chi connectivity index (χ1) is 13.9. The third-order valence-corrected chi connectivity index (χ3v) is 4.93. The summed E-state index contributed by atoms with van der Waals surface area (Å²) in [5.41, 5.74) is 9.38. The van der Waals surface area contributed by atoms with E-state index >= 15 is 0 Å². The number of rotatable bonds is 9. The molecule has 0 unspecified atom stereocenters. The number of hydrogen-bond acceptors (Lipinski definition) is 3. The number of nitrogens with zero attached hydrogens (tertiary/aromatic N) is 2. The maximum atomic E-state index is 12.5. The predicted molar refractivity (Wildman–Crippen MR) is 116 cm³/mol. The Labute approximate surface area is 173 Å². The summed E-state index contributed by atoms with van der Waals surface area (Å²) in [6, 6.07) is 19.9. The summed E-state index contributed by atoms with van der Waals surface area (Å²) in [6.07, 6.45) is 5.06. The molecule has 3 aromatic rings. The van der Waals surface area contributed by atoms with E-state index in [1.807, 2.05) is 47.2 Å². The number of amides is 1. The van der Waals surface area contributed by atoms with Gasteiger partial charge < -0.3 is 15.6 Å². The van der Waals surface area contributed by atoms with Gasteiger partial charge in [0.1, 0.15) is 0 Å². The molecule has 1 amide bonds. The quantitative estimate of drug-likeness (QED) is 0.589. The van der Waals surface area contributed by atoms with Crippen LogP contribution in [0.15, 0.2) is 73.2 Å². The van der Waals surface area contributed by atoms with Crippen LogP contribution in [-0.2, 0) is 24.2 Å². The highest BCUT2D eigenvalue weighted by molar-refractivity contribution is 5.81. The molecule has 0 saturated heterocycles. The number of nitrogens with two attached hydrogens (primary N) is 1. The van der Waals surface area contributed by atoms with E-state index in [0.717, 1.165) is 18.7 Å². The molecule has 5 heteroatoms. The van der Waals surface area contributed by atoms with E-state index in [-0.39, 0.29) is 11.3 Å². The van der Waals surface area contributed by atoms with Crippen molar-refractivity contribution >= 4 is 5.91 Å². The Balaban J connectivity index is 1.48. The number of carbonyl (C=O) groups excluding carboxylic acids is 1. The monoisotopic (exact) mass is 390 g/mol. The fourth-order valence-electron chi connectivity index (χ4n) is 3.38. The highest BCUT2D eigenvalue weighted by Crippen LogP contribution is 2.20. The lowest BCUT2D eigenvalue weighted by Crippen LogP contribution is -2.45. The van der Waals surface area contributed by atoms with Gasteiger partial charge in [0, 0.05) is 25.7 Å². The number of benzene rings is 2. The number of aromatic nitrogens is 2. The van der Waals surface area contributed by atoms with Crippen LogP contribution in [0.3, 0.4) is 0 Å². The van der Waals surface area contributed by atoms with Gasteiger partial charge in [-0.25, -0.2) is 4.98 Å². The smallest absolute Gasteiger partial charge is 0.237 e. The molecule has 0 spiro atoms. The molecule has 152 valence electrons. The van der Waals surface area contributed by atoms with Crippen LogP contribution in [0.25, 0.3) is 0 Å². The number of carbonyl (C=O) groups is 1. The van der Waals surface area contributed by atoms with Gasteiger partial charge in [-0.2, -0.15) is 0 Å². The molecule has 0 saturated carbocycles. The number of nitrogens with one attached hydrogen (secondary N) is 1. The van der Waals surface area contributed by atoms with Gasteiger partial charge in [-0.05, 0) is 23.0 Å². The van der Waals surface area contributed by atoms with Crippen molar-refractivity contribution in [3.63, 3.8) is 0 Å². The van der Waals surface area contributed by atoms with Crippen molar-refractivity contribution < 1.29 is 4.79 Å². The lowest BCUT2D eigenvalue weighted by molar-refractivity contribution is -0.122. The summed E-state index contributed by atoms with van der Waals surface area (Å²) in [6.45, 7) is 5.63. The molecule has 0 bridgehead atoms. The molecular formula is C24H30N4O. The van der Waals surface area contributed by atoms with Gasteiger partial charge in [0.15, 0.2) is 0 Å². The van der Waals surface area contributed by atoms with Gasteiger partial charge in [-0.1, -0.05) is 74.5 Å². The Kier molecular flexibility index (Phi) is 6.83. The van der Waals surface area contributed by atoms with E-state index < -0.39 is 6.04 Å². The Morgan fingerprint density at radius 1 is 1.07 bits per heavy atom. The van der Waals surface area contributed by atoms with Crippen molar-refractivity contribution in [3.8, 4) is 0 Å². The second kappa shape index (κ2) is 9.52. The van der Waals surface area contributed by atoms with E-state index in [4.69, 9.17) is 5.73 Å². The Morgan fingerprint density at radius 3 is 2.34 bits per heavy atom. The maximum Gasteiger partial charge on any atom is 0.237 e. The molecular weight excluding hydrogens is 360 g/mol. The first-order valence-corrected chi connectivity index (χ1v) is 10.0. The third kappa shape index (κ3) is 6.57. The molecule has 0 aliphatic rings. The van der Waals surface area contributed by atoms with Crippen LogP contribution >= 0.6 is 0 Å². The summed E-state index contributed by atoms with van der Waals surface area (Å²) in [7, 11) is 0. The summed E-state index contributed by atoms with van der Waals surface area (Å²) in [5, 5.41) is 3.01. The molecule has 0 radical (unpaired) electrons. The number of hydrogen-bond donors (Lipinski definition) is 2. The molecule has 0 aliphatic carbocycles. The minimum atomic E-state index is -0.609. The summed E-state index contributed by atoms with van der Waals surface area (Å²) < 4.78 is 2.01. The standard InChI is InChI=1S/C24H30N4O/c1-24(2,14-19-9-5-3-6-10-19)17-26-23(29)22(25)13-21-16-28(18-27-21)15-20-11-7-4-8-12-20/h3-12,16,18,22H,13-15,17,25H2,1-2H3,(H,26,29)/t22-/m0/s1. The second-order valence-corrected chi connectivity index (χ2v) is 8.38. The number of imidazole rings is 1. The zero-order valence-electron chi connectivity index (χ0n) is 17.2. The largest absolute Gasteiger partial charge is 0.354 e. The molecule has 5 nitrogen and oxygen atoms in total. The van der Waals surface area contributed by atoms with E-state index in [2.05, 4.69) is 48.4 Å². The summed E-state index contributed by atoms with van der Waals surface area (Å²) in [5.74, 6) is -0.135. The van der Waals surface area contributed by atoms with Crippen LogP contribution in [0.1, 0.15) is 30.7 Å². The third-order valence-electron chi connectivity index (χ3n) is 4.93. The van der Waals surface area contributed by atoms with Crippen molar-refractivity contribution in [3.05, 3.63) is 90.0 Å². The summed E-state index contributed by atoms with van der Waals surface area (Å²) in [4.78, 5) is 16.9. The Morgan fingerprint density at radius 2 is 1.69 bits per heavy atom. The molecule has 3 N–H and O–H groups in total. The van der Waals surface area contributed by atoms with Crippen LogP contribution in [0.2, 0.25) is 0 Å². The lowest BCUT2D eigenvalue weighted by atomic mass is 9.85. The second-order valence-electron chi connectivity index (χ2n) is 8.38. The first kappa shape index (κ1) is 20.8. The van der Waals surface area contributed by atoms with Crippen LogP contribution < -0.4 is 11.1 Å². The van der Waals surface area contributed by atoms with Crippen molar-refractivity contribution in [1.82, 2.24) is 14.9 Å². The van der Waals surface area contributed by atoms with Crippen LogP contribution in [0.5, 0.6) is 0 Å². The zero-order chi connectivity index (χ0) is 20.7. The fourth-order valence-corrected chi connectivity index (χ4v) is 3.38. The topological polar surface area (TPSA) is 72.9 Å². The minimum absolute atomic E-state index is 0.0476. The minimum Gasteiger partial charge on any atom is -0.354 e. The molecule has 1 aromatic heterocycles. The Bertz CT molecular complexity index is 903. The van der Waals surface area contributed by atoms with E-state index in [1.165, 1.54) is 11.1 Å². The SMILES string of the molecule is CC(C)(CNC(=O)[C@@H](N)Cc1cn(Cc2ccccc2)cn1)Cc1ccccc1. The van der Waals surface area contributed by atoms with Crippen molar-refractivity contribution in [2.75, 3.05) is 6.54 Å². The average molecular weight is 391 g/mol. The van der Waals surface area contributed by atoms with E-state index in [1.54, 1.807) is 6.33 Å². The van der Waals surface area contributed by atoms with Gasteiger partial charge >= 0.3 is 0 Å². The fraction of sp³-hybridized carbons (Fsp3) is 0.333. The zero-order valence-corrected chi connectivity index (χ0v) is 17.2. The molecule has 0 fully saturated rings. The van der Waals surface area contributed by atoms with Crippen molar-refractivity contribution in [1.29, 1.82) is 0 Å². The van der Waals surface area contributed by atoms with Gasteiger partial charge in [0.2, 0.25) is 5.91 Å². The molecule has 1 atom stereocenters. The van der Waals surface area contributed by atoms with Gasteiger partial charge in [-0.15, -0.1) is 0 Å². The molecule has 29 heavy (non-hydrogen) atoms. The van der Waals surface area contributed by atoms with Crippen LogP contribution in [-0.4, -0.2) is 28.0 Å². The maximum absolute atomic E-state index is 12.5. The van der Waals surface area contributed by atoms with Crippen molar-refractivity contribution in [2.45, 2.75) is 39.3 Å². The van der Waals surface area contributed by atoms with E-state index in [0.29, 0.717) is 13.0 Å². The predicted octanol–water partition coefficient (Wildman–Crippen LogP) is 3.19. The summed E-state index contributed by atoms with van der Waals surface area (Å²) >= 11 is 0. The highest BCUT2D eigenvalue weighted by Gasteiger charge is 2.22. The van der Waals surface area contributed by atoms with Gasteiger partial charge in [0.05, 0.1) is 18.1 Å². The van der Waals surface area contributed by atoms with E-state index in [9.17, 15) is 4.79 Å². The van der Waals surface area contributed by atoms with Crippen LogP contribution in [0.4, 0.5) is 0 Å². The van der Waals surface area contributed by atoms with Crippen molar-refractivity contribution in [2.24, 2.45) is 11.1 Å². The average Bonchev–Trinajstić information content (AvgIpc) is 3.14. The Hall–Kier alpha value is -2.92. The molecule has 0 aliphatic heterocycles. The van der Waals surface area contributed by atoms with Gasteiger partial charge in [0.25, 0.3) is 0 Å². The van der Waals surface area contributed by atoms with Gasteiger partial charge in [-0.3, -0.25) is 4.79 Å². The lowest BCUT2D eigenvalue weighted by Gasteiger charge is -2.26. The first-order valence-electron chi connectivity index (χ1n) is 10.0. The molecule has 2 aromatic carbocycles. The highest BCUT2D eigenvalue weighted by atomic mass is 16.2. The molecule has 1 heterocycles. The molecule has 3 rings (SSSR count). The normalized spacial score (nSPS) is 12.5. The van der Waals surface area contributed by atoms with Crippen LogP contribution in [0, 0.1) is 5.41 Å².